The Morgan fingerprint density at radius 3 is 2.76 bits per heavy atom. The minimum atomic E-state index is 0.547. The Kier molecular flexibility index (Phi) is 3.33. The molecule has 0 spiro atoms. The predicted molar refractivity (Wildman–Crippen MR) is 69.9 cm³/mol. The lowest BCUT2D eigenvalue weighted by atomic mass is 10.2. The maximum Gasteiger partial charge on any atom is 0.164 e. The summed E-state index contributed by atoms with van der Waals surface area (Å²) >= 11 is 6.02. The molecule has 1 aromatic heterocycles. The molecule has 2 rings (SSSR count). The van der Waals surface area contributed by atoms with Crippen LogP contribution in [0, 0.1) is 6.92 Å². The van der Waals surface area contributed by atoms with Gasteiger partial charge < -0.3 is 10.3 Å². The number of aryl methyl sites for hydroxylation is 1. The summed E-state index contributed by atoms with van der Waals surface area (Å²) in [6, 6.07) is 5.53. The number of hydrogen-bond acceptors (Lipinski definition) is 3. The largest absolute Gasteiger partial charge is 0.398 e. The van der Waals surface area contributed by atoms with Crippen molar-refractivity contribution in [2.24, 2.45) is 0 Å². The van der Waals surface area contributed by atoms with Crippen LogP contribution >= 0.6 is 11.6 Å². The van der Waals surface area contributed by atoms with Gasteiger partial charge in [-0.15, -0.1) is 10.2 Å². The molecular weight excluding hydrogens is 236 g/mol. The summed E-state index contributed by atoms with van der Waals surface area (Å²) in [4.78, 5) is 0. The molecule has 0 saturated heterocycles. The molecular formula is C12H15ClN4. The molecule has 0 saturated carbocycles. The number of rotatable bonds is 3. The topological polar surface area (TPSA) is 56.7 Å². The van der Waals surface area contributed by atoms with Crippen molar-refractivity contribution >= 4 is 17.3 Å². The van der Waals surface area contributed by atoms with E-state index in [9.17, 15) is 0 Å². The smallest absolute Gasteiger partial charge is 0.164 e. The van der Waals surface area contributed by atoms with E-state index in [-0.39, 0.29) is 0 Å². The minimum Gasteiger partial charge on any atom is -0.398 e. The standard InChI is InChI=1S/C12H15ClN4/c1-3-6-17-8(2)15-16-12(17)9-4-5-11(14)10(13)7-9/h4-5,7H,3,6,14H2,1-2H3. The van der Waals surface area contributed by atoms with Gasteiger partial charge in [-0.3, -0.25) is 0 Å². The van der Waals surface area contributed by atoms with E-state index in [0.29, 0.717) is 10.7 Å². The highest BCUT2D eigenvalue weighted by Crippen LogP contribution is 2.26. The number of anilines is 1. The van der Waals surface area contributed by atoms with Crippen molar-refractivity contribution in [2.45, 2.75) is 26.8 Å². The molecule has 0 aliphatic heterocycles. The highest BCUT2D eigenvalue weighted by atomic mass is 35.5. The van der Waals surface area contributed by atoms with Crippen molar-refractivity contribution in [3.63, 3.8) is 0 Å². The van der Waals surface area contributed by atoms with Crippen LogP contribution in [0.1, 0.15) is 19.2 Å². The van der Waals surface area contributed by atoms with Crippen LogP contribution < -0.4 is 5.73 Å². The molecule has 0 unspecified atom stereocenters. The summed E-state index contributed by atoms with van der Waals surface area (Å²) in [6.45, 7) is 4.97. The monoisotopic (exact) mass is 250 g/mol. The maximum atomic E-state index is 6.02. The molecule has 0 atom stereocenters. The molecule has 2 aromatic rings. The predicted octanol–water partition coefficient (Wildman–Crippen LogP) is 2.90. The molecule has 0 aliphatic carbocycles. The fourth-order valence-electron chi connectivity index (χ4n) is 1.75. The minimum absolute atomic E-state index is 0.547. The molecule has 90 valence electrons. The van der Waals surface area contributed by atoms with E-state index in [1.165, 1.54) is 0 Å². The van der Waals surface area contributed by atoms with Gasteiger partial charge in [-0.2, -0.15) is 0 Å². The SMILES string of the molecule is CCCn1c(C)nnc1-c1ccc(N)c(Cl)c1. The number of nitrogens with two attached hydrogens (primary N) is 1. The Labute approximate surface area is 105 Å². The van der Waals surface area contributed by atoms with Crippen molar-refractivity contribution in [3.8, 4) is 11.4 Å². The third kappa shape index (κ3) is 2.26. The summed E-state index contributed by atoms with van der Waals surface area (Å²) in [6.07, 6.45) is 1.04. The zero-order chi connectivity index (χ0) is 12.4. The van der Waals surface area contributed by atoms with Crippen LogP contribution in [0.25, 0.3) is 11.4 Å². The quantitative estimate of drug-likeness (QED) is 0.853. The molecule has 1 aromatic carbocycles. The first kappa shape index (κ1) is 11.9. The molecule has 17 heavy (non-hydrogen) atoms. The van der Waals surface area contributed by atoms with Gasteiger partial charge in [-0.1, -0.05) is 18.5 Å². The van der Waals surface area contributed by atoms with Crippen LogP contribution in [0.5, 0.6) is 0 Å². The van der Waals surface area contributed by atoms with Gasteiger partial charge in [0.1, 0.15) is 5.82 Å². The van der Waals surface area contributed by atoms with Gasteiger partial charge in [0, 0.05) is 12.1 Å². The van der Waals surface area contributed by atoms with Crippen molar-refractivity contribution < 1.29 is 0 Å². The molecule has 0 fully saturated rings. The van der Waals surface area contributed by atoms with E-state index in [1.807, 2.05) is 19.1 Å². The molecule has 0 amide bonds. The van der Waals surface area contributed by atoms with Crippen LogP contribution in [-0.2, 0) is 6.54 Å². The van der Waals surface area contributed by atoms with E-state index < -0.39 is 0 Å². The first-order valence-electron chi connectivity index (χ1n) is 5.58. The molecule has 2 N–H and O–H groups in total. The Morgan fingerprint density at radius 1 is 1.35 bits per heavy atom. The van der Waals surface area contributed by atoms with Crippen molar-refractivity contribution in [2.75, 3.05) is 5.73 Å². The fourth-order valence-corrected chi connectivity index (χ4v) is 1.93. The molecule has 1 heterocycles. The Bertz CT molecular complexity index is 533. The van der Waals surface area contributed by atoms with Crippen molar-refractivity contribution in [1.29, 1.82) is 0 Å². The molecule has 0 radical (unpaired) electrons. The normalized spacial score (nSPS) is 10.8. The molecule has 0 aliphatic rings. The van der Waals surface area contributed by atoms with E-state index >= 15 is 0 Å². The summed E-state index contributed by atoms with van der Waals surface area (Å²) in [7, 11) is 0. The lowest BCUT2D eigenvalue weighted by Crippen LogP contribution is -2.02. The number of nitrogens with zero attached hydrogens (tertiary/aromatic N) is 3. The average molecular weight is 251 g/mol. The number of nitrogen functional groups attached to an aromatic ring is 1. The molecule has 5 heteroatoms. The number of aromatic nitrogens is 3. The maximum absolute atomic E-state index is 6.02. The summed E-state index contributed by atoms with van der Waals surface area (Å²) < 4.78 is 2.09. The van der Waals surface area contributed by atoms with Gasteiger partial charge in [0.05, 0.1) is 10.7 Å². The summed E-state index contributed by atoms with van der Waals surface area (Å²) in [5, 5.41) is 8.84. The van der Waals surface area contributed by atoms with Gasteiger partial charge in [-0.05, 0) is 31.5 Å². The highest BCUT2D eigenvalue weighted by Gasteiger charge is 2.11. The van der Waals surface area contributed by atoms with E-state index in [0.717, 1.165) is 30.2 Å². The van der Waals surface area contributed by atoms with E-state index in [2.05, 4.69) is 21.7 Å². The average Bonchev–Trinajstić information content (AvgIpc) is 2.66. The fraction of sp³-hybridized carbons (Fsp3) is 0.333. The van der Waals surface area contributed by atoms with Gasteiger partial charge in [0.15, 0.2) is 5.82 Å². The number of benzene rings is 1. The second kappa shape index (κ2) is 4.75. The van der Waals surface area contributed by atoms with E-state index in [4.69, 9.17) is 17.3 Å². The Balaban J connectivity index is 2.48. The van der Waals surface area contributed by atoms with Gasteiger partial charge in [0.25, 0.3) is 0 Å². The van der Waals surface area contributed by atoms with Gasteiger partial charge in [-0.25, -0.2) is 0 Å². The molecule has 4 nitrogen and oxygen atoms in total. The lowest BCUT2D eigenvalue weighted by Gasteiger charge is -2.07. The summed E-state index contributed by atoms with van der Waals surface area (Å²) in [5.41, 5.74) is 7.21. The number of halogens is 1. The number of hydrogen-bond donors (Lipinski definition) is 1. The zero-order valence-electron chi connectivity index (χ0n) is 9.94. The lowest BCUT2D eigenvalue weighted by molar-refractivity contribution is 0.663. The Morgan fingerprint density at radius 2 is 2.12 bits per heavy atom. The highest BCUT2D eigenvalue weighted by molar-refractivity contribution is 6.33. The second-order valence-electron chi connectivity index (χ2n) is 3.96. The van der Waals surface area contributed by atoms with Gasteiger partial charge >= 0.3 is 0 Å². The van der Waals surface area contributed by atoms with Crippen LogP contribution in [0.15, 0.2) is 18.2 Å². The molecule has 0 bridgehead atoms. The van der Waals surface area contributed by atoms with Crippen LogP contribution in [-0.4, -0.2) is 14.8 Å². The third-order valence-electron chi connectivity index (χ3n) is 2.64. The Hall–Kier alpha value is -1.55. The summed E-state index contributed by atoms with van der Waals surface area (Å²) in [5.74, 6) is 1.75. The van der Waals surface area contributed by atoms with E-state index in [1.54, 1.807) is 6.07 Å². The van der Waals surface area contributed by atoms with Crippen LogP contribution in [0.4, 0.5) is 5.69 Å². The van der Waals surface area contributed by atoms with Crippen molar-refractivity contribution in [1.82, 2.24) is 14.8 Å². The zero-order valence-corrected chi connectivity index (χ0v) is 10.7. The first-order valence-corrected chi connectivity index (χ1v) is 5.96. The van der Waals surface area contributed by atoms with Gasteiger partial charge in [0.2, 0.25) is 0 Å². The third-order valence-corrected chi connectivity index (χ3v) is 2.97. The van der Waals surface area contributed by atoms with Crippen LogP contribution in [0.3, 0.4) is 0 Å². The first-order chi connectivity index (χ1) is 8.13. The van der Waals surface area contributed by atoms with Crippen LogP contribution in [0.2, 0.25) is 5.02 Å². The van der Waals surface area contributed by atoms with Crippen molar-refractivity contribution in [3.05, 3.63) is 29.0 Å². The second-order valence-corrected chi connectivity index (χ2v) is 4.37.